The van der Waals surface area contributed by atoms with Gasteiger partial charge in [0.2, 0.25) is 10.0 Å². The van der Waals surface area contributed by atoms with Crippen LogP contribution < -0.4 is 4.72 Å². The number of benzene rings is 2. The highest BCUT2D eigenvalue weighted by Crippen LogP contribution is 2.36. The summed E-state index contributed by atoms with van der Waals surface area (Å²) in [5, 5.41) is -0.433. The molecule has 0 bridgehead atoms. The first-order valence-electron chi connectivity index (χ1n) is 8.56. The normalized spacial score (nSPS) is 20.5. The lowest BCUT2D eigenvalue weighted by molar-refractivity contribution is 0.316. The molecule has 26 heavy (non-hydrogen) atoms. The van der Waals surface area contributed by atoms with Gasteiger partial charge < -0.3 is 0 Å². The highest BCUT2D eigenvalue weighted by atomic mass is 32.2. The van der Waals surface area contributed by atoms with Gasteiger partial charge in [0.15, 0.2) is 9.84 Å². The van der Waals surface area contributed by atoms with Crippen LogP contribution >= 0.6 is 0 Å². The van der Waals surface area contributed by atoms with Crippen LogP contribution in [0.1, 0.15) is 24.0 Å². The van der Waals surface area contributed by atoms with Crippen LogP contribution in [0.3, 0.4) is 0 Å². The minimum Gasteiger partial charge on any atom is -0.223 e. The van der Waals surface area contributed by atoms with E-state index in [2.05, 4.69) is 4.72 Å². The minimum atomic E-state index is -3.57. The van der Waals surface area contributed by atoms with Crippen LogP contribution in [-0.2, 0) is 19.9 Å². The number of hydrogen-bond acceptors (Lipinski definition) is 4. The van der Waals surface area contributed by atoms with Crippen molar-refractivity contribution in [1.29, 1.82) is 0 Å². The first-order valence-corrected chi connectivity index (χ1v) is 11.6. The molecule has 0 heterocycles. The Kier molecular flexibility index (Phi) is 5.23. The summed E-state index contributed by atoms with van der Waals surface area (Å²) >= 11 is 0. The Morgan fingerprint density at radius 2 is 1.65 bits per heavy atom. The van der Waals surface area contributed by atoms with E-state index in [9.17, 15) is 16.8 Å². The Morgan fingerprint density at radius 3 is 2.31 bits per heavy atom. The van der Waals surface area contributed by atoms with Crippen LogP contribution in [-0.4, -0.2) is 28.6 Å². The number of rotatable bonds is 6. The molecule has 1 aliphatic carbocycles. The van der Waals surface area contributed by atoms with Crippen LogP contribution in [0.5, 0.6) is 0 Å². The molecular formula is C19H23NO4S2. The zero-order valence-corrected chi connectivity index (χ0v) is 16.5. The third-order valence-corrected chi connectivity index (χ3v) is 8.65. The molecular weight excluding hydrogens is 370 g/mol. The second-order valence-electron chi connectivity index (χ2n) is 6.94. The summed E-state index contributed by atoms with van der Waals surface area (Å²) in [6.07, 6.45) is 0.957. The number of nitrogens with one attached hydrogen (secondary N) is 1. The summed E-state index contributed by atoms with van der Waals surface area (Å²) in [6, 6.07) is 13.7. The third-order valence-electron chi connectivity index (χ3n) is 4.89. The molecule has 0 aromatic heterocycles. The van der Waals surface area contributed by atoms with Crippen LogP contribution in [0.25, 0.3) is 0 Å². The second-order valence-corrected chi connectivity index (χ2v) is 10.9. The largest absolute Gasteiger partial charge is 0.240 e. The Hall–Kier alpha value is -1.70. The van der Waals surface area contributed by atoms with E-state index in [1.165, 1.54) is 0 Å². The molecule has 0 aliphatic heterocycles. The molecule has 0 atom stereocenters. The molecule has 7 heteroatoms. The van der Waals surface area contributed by atoms with Gasteiger partial charge in [-0.15, -0.1) is 0 Å². The molecule has 1 N–H and O–H groups in total. The smallest absolute Gasteiger partial charge is 0.223 e. The second kappa shape index (κ2) is 7.13. The fourth-order valence-corrected chi connectivity index (χ4v) is 6.66. The van der Waals surface area contributed by atoms with Gasteiger partial charge in [0.05, 0.1) is 15.0 Å². The number of sulfonamides is 1. The number of aryl methyl sites for hydroxylation is 2. The van der Waals surface area contributed by atoms with Crippen molar-refractivity contribution in [3.05, 3.63) is 59.7 Å². The Balaban J connectivity index is 1.60. The van der Waals surface area contributed by atoms with Crippen LogP contribution in [0, 0.1) is 19.8 Å². The van der Waals surface area contributed by atoms with Crippen LogP contribution in [0.4, 0.5) is 0 Å². The monoisotopic (exact) mass is 393 g/mol. The predicted molar refractivity (Wildman–Crippen MR) is 101 cm³/mol. The van der Waals surface area contributed by atoms with E-state index in [4.69, 9.17) is 0 Å². The average molecular weight is 394 g/mol. The molecule has 0 saturated heterocycles. The molecule has 2 aromatic carbocycles. The average Bonchev–Trinajstić information content (AvgIpc) is 2.53. The lowest BCUT2D eigenvalue weighted by Crippen LogP contribution is -2.42. The van der Waals surface area contributed by atoms with Crippen molar-refractivity contribution >= 4 is 19.9 Å². The molecule has 1 saturated carbocycles. The minimum absolute atomic E-state index is 0.0402. The molecule has 1 fully saturated rings. The van der Waals surface area contributed by atoms with Crippen molar-refractivity contribution in [1.82, 2.24) is 4.72 Å². The van der Waals surface area contributed by atoms with Crippen molar-refractivity contribution in [2.24, 2.45) is 5.92 Å². The summed E-state index contributed by atoms with van der Waals surface area (Å²) in [7, 11) is -6.92. The van der Waals surface area contributed by atoms with Gasteiger partial charge in [-0.25, -0.2) is 21.6 Å². The van der Waals surface area contributed by atoms with E-state index in [-0.39, 0.29) is 17.4 Å². The van der Waals surface area contributed by atoms with Crippen molar-refractivity contribution in [3.8, 4) is 0 Å². The first kappa shape index (κ1) is 19.1. The molecule has 2 aromatic rings. The molecule has 5 nitrogen and oxygen atoms in total. The Morgan fingerprint density at radius 1 is 0.962 bits per heavy atom. The number of sulfone groups is 1. The zero-order chi connectivity index (χ0) is 18.9. The third kappa shape index (κ3) is 3.84. The molecule has 140 valence electrons. The maximum atomic E-state index is 12.6. The van der Waals surface area contributed by atoms with Gasteiger partial charge in [0, 0.05) is 6.54 Å². The highest BCUT2D eigenvalue weighted by Gasteiger charge is 2.39. The van der Waals surface area contributed by atoms with Gasteiger partial charge in [-0.3, -0.25) is 0 Å². The van der Waals surface area contributed by atoms with Crippen molar-refractivity contribution in [2.75, 3.05) is 6.54 Å². The van der Waals surface area contributed by atoms with E-state index in [1.807, 2.05) is 13.0 Å². The van der Waals surface area contributed by atoms with Crippen molar-refractivity contribution in [3.63, 3.8) is 0 Å². The zero-order valence-electron chi connectivity index (χ0n) is 14.8. The summed E-state index contributed by atoms with van der Waals surface area (Å²) in [5.41, 5.74) is 1.60. The molecule has 0 amide bonds. The lowest BCUT2D eigenvalue weighted by Gasteiger charge is -2.34. The summed E-state index contributed by atoms with van der Waals surface area (Å²) in [6.45, 7) is 3.88. The molecule has 0 spiro atoms. The fraction of sp³-hybridized carbons (Fsp3) is 0.368. The fourth-order valence-electron chi connectivity index (χ4n) is 3.24. The number of hydrogen-bond donors (Lipinski definition) is 1. The van der Waals surface area contributed by atoms with E-state index >= 15 is 0 Å². The van der Waals surface area contributed by atoms with Gasteiger partial charge >= 0.3 is 0 Å². The van der Waals surface area contributed by atoms with E-state index < -0.39 is 25.1 Å². The topological polar surface area (TPSA) is 80.3 Å². The Bertz CT molecular complexity index is 1010. The maximum absolute atomic E-state index is 12.6. The molecule has 1 aliphatic rings. The highest BCUT2D eigenvalue weighted by molar-refractivity contribution is 7.92. The molecule has 0 unspecified atom stereocenters. The van der Waals surface area contributed by atoms with E-state index in [0.717, 1.165) is 5.56 Å². The maximum Gasteiger partial charge on any atom is 0.240 e. The predicted octanol–water partition coefficient (Wildman–Crippen LogP) is 2.83. The van der Waals surface area contributed by atoms with Crippen molar-refractivity contribution in [2.45, 2.75) is 41.7 Å². The van der Waals surface area contributed by atoms with Gasteiger partial charge in [0.1, 0.15) is 0 Å². The Labute approximate surface area is 155 Å². The van der Waals surface area contributed by atoms with Gasteiger partial charge in [0.25, 0.3) is 0 Å². The van der Waals surface area contributed by atoms with Crippen LogP contribution in [0.2, 0.25) is 0 Å². The summed E-state index contributed by atoms with van der Waals surface area (Å²) in [4.78, 5) is 0.615. The van der Waals surface area contributed by atoms with E-state index in [1.54, 1.807) is 49.4 Å². The summed E-state index contributed by atoms with van der Waals surface area (Å²) < 4.78 is 52.7. The van der Waals surface area contributed by atoms with Gasteiger partial charge in [-0.1, -0.05) is 30.3 Å². The van der Waals surface area contributed by atoms with E-state index in [0.29, 0.717) is 23.3 Å². The molecule has 3 rings (SSSR count). The van der Waals surface area contributed by atoms with Crippen molar-refractivity contribution < 1.29 is 16.8 Å². The lowest BCUT2D eigenvalue weighted by atomic mass is 9.85. The first-order chi connectivity index (χ1) is 12.2. The van der Waals surface area contributed by atoms with Gasteiger partial charge in [-0.05, 0) is 61.9 Å². The van der Waals surface area contributed by atoms with Gasteiger partial charge in [-0.2, -0.15) is 0 Å². The summed E-state index contributed by atoms with van der Waals surface area (Å²) in [5.74, 6) is 0.0402. The quantitative estimate of drug-likeness (QED) is 0.818. The standard InChI is InChI=1S/C19H23NO4S2/c1-14-6-5-8-17(10-14)25(21,22)18-11-16(12-18)13-20-26(23,24)19-9-4-3-7-15(19)2/h3-10,16,18,20H,11-13H2,1-2H3. The molecule has 0 radical (unpaired) electrons. The van der Waals surface area contributed by atoms with Crippen LogP contribution in [0.15, 0.2) is 58.3 Å². The SMILES string of the molecule is Cc1cccc(S(=O)(=O)C2CC(CNS(=O)(=O)c3ccccc3C)C2)c1.